The number of methoxy groups -OCH3 is 1. The number of primary amides is 1. The molecule has 1 unspecified atom stereocenters. The fourth-order valence-electron chi connectivity index (χ4n) is 2.18. The number of nitrogens with one attached hydrogen (secondary N) is 1. The molecule has 5 heteroatoms. The number of nitrogens with two attached hydrogens (primary N) is 1. The molecule has 5 nitrogen and oxygen atoms in total. The second kappa shape index (κ2) is 7.31. The van der Waals surface area contributed by atoms with Crippen LogP contribution in [0.1, 0.15) is 31.7 Å². The van der Waals surface area contributed by atoms with Crippen LogP contribution < -0.4 is 20.5 Å². The van der Waals surface area contributed by atoms with Crippen molar-refractivity contribution in [2.75, 3.05) is 13.7 Å². The first-order valence-corrected chi connectivity index (χ1v) is 7.49. The Bertz CT molecular complexity index is 486. The SMILES string of the molecule is CCc1ccc(OCCC(NC2CC2)C(N)=O)c(OC)c1. The van der Waals surface area contributed by atoms with Crippen LogP contribution in [-0.2, 0) is 11.2 Å². The van der Waals surface area contributed by atoms with Crippen molar-refractivity contribution >= 4 is 5.91 Å². The van der Waals surface area contributed by atoms with Crippen LogP contribution in [0.3, 0.4) is 0 Å². The van der Waals surface area contributed by atoms with Crippen molar-refractivity contribution in [3.8, 4) is 11.5 Å². The van der Waals surface area contributed by atoms with E-state index in [1.54, 1.807) is 7.11 Å². The predicted molar refractivity (Wildman–Crippen MR) is 81.6 cm³/mol. The molecule has 1 aromatic carbocycles. The van der Waals surface area contributed by atoms with Gasteiger partial charge < -0.3 is 20.5 Å². The van der Waals surface area contributed by atoms with Crippen LogP contribution in [0, 0.1) is 0 Å². The zero-order valence-electron chi connectivity index (χ0n) is 12.7. The van der Waals surface area contributed by atoms with E-state index in [0.717, 1.165) is 25.0 Å². The summed E-state index contributed by atoms with van der Waals surface area (Å²) in [6, 6.07) is 6.03. The van der Waals surface area contributed by atoms with Gasteiger partial charge in [-0.25, -0.2) is 0 Å². The fourth-order valence-corrected chi connectivity index (χ4v) is 2.18. The molecule has 1 fully saturated rings. The monoisotopic (exact) mass is 292 g/mol. The van der Waals surface area contributed by atoms with E-state index in [0.29, 0.717) is 24.8 Å². The molecule has 1 saturated carbocycles. The quantitative estimate of drug-likeness (QED) is 0.725. The summed E-state index contributed by atoms with van der Waals surface area (Å²) < 4.78 is 11.1. The second-order valence-corrected chi connectivity index (χ2v) is 5.37. The number of aryl methyl sites for hydroxylation is 1. The number of ether oxygens (including phenoxy) is 2. The molecule has 1 amide bonds. The Morgan fingerprint density at radius 1 is 1.43 bits per heavy atom. The van der Waals surface area contributed by atoms with Gasteiger partial charge in [-0.1, -0.05) is 13.0 Å². The molecule has 0 spiro atoms. The van der Waals surface area contributed by atoms with Crippen LogP contribution in [0.25, 0.3) is 0 Å². The fraction of sp³-hybridized carbons (Fsp3) is 0.562. The molecule has 1 aliphatic rings. The van der Waals surface area contributed by atoms with Gasteiger partial charge in [0.25, 0.3) is 0 Å². The molecule has 3 N–H and O–H groups in total. The Balaban J connectivity index is 1.87. The zero-order chi connectivity index (χ0) is 15.2. The predicted octanol–water partition coefficient (Wildman–Crippen LogP) is 1.63. The number of carbonyl (C=O) groups is 1. The third-order valence-electron chi connectivity index (χ3n) is 3.66. The lowest BCUT2D eigenvalue weighted by molar-refractivity contribution is -0.120. The number of rotatable bonds is 9. The minimum atomic E-state index is -0.321. The van der Waals surface area contributed by atoms with Gasteiger partial charge >= 0.3 is 0 Å². The number of hydrogen-bond donors (Lipinski definition) is 2. The van der Waals surface area contributed by atoms with Gasteiger partial charge in [-0.3, -0.25) is 4.79 Å². The lowest BCUT2D eigenvalue weighted by Gasteiger charge is -2.16. The van der Waals surface area contributed by atoms with Crippen molar-refractivity contribution in [3.63, 3.8) is 0 Å². The molecular formula is C16H24N2O3. The first-order chi connectivity index (χ1) is 10.1. The Kier molecular flexibility index (Phi) is 5.44. The third kappa shape index (κ3) is 4.63. The first-order valence-electron chi connectivity index (χ1n) is 7.49. The topological polar surface area (TPSA) is 73.6 Å². The van der Waals surface area contributed by atoms with E-state index in [4.69, 9.17) is 15.2 Å². The number of amides is 1. The lowest BCUT2D eigenvalue weighted by Crippen LogP contribution is -2.43. The highest BCUT2D eigenvalue weighted by Gasteiger charge is 2.27. The summed E-state index contributed by atoms with van der Waals surface area (Å²) in [6.45, 7) is 2.52. The summed E-state index contributed by atoms with van der Waals surface area (Å²) in [6.07, 6.45) is 3.75. The highest BCUT2D eigenvalue weighted by molar-refractivity contribution is 5.79. The van der Waals surface area contributed by atoms with Gasteiger partial charge in [0.1, 0.15) is 0 Å². The van der Waals surface area contributed by atoms with Crippen molar-refractivity contribution in [3.05, 3.63) is 23.8 Å². The van der Waals surface area contributed by atoms with E-state index in [2.05, 4.69) is 12.2 Å². The molecule has 116 valence electrons. The third-order valence-corrected chi connectivity index (χ3v) is 3.66. The van der Waals surface area contributed by atoms with Gasteiger partial charge in [0.05, 0.1) is 19.8 Å². The average Bonchev–Trinajstić information content (AvgIpc) is 3.30. The van der Waals surface area contributed by atoms with Gasteiger partial charge in [-0.15, -0.1) is 0 Å². The van der Waals surface area contributed by atoms with Crippen molar-refractivity contribution in [1.82, 2.24) is 5.32 Å². The zero-order valence-corrected chi connectivity index (χ0v) is 12.7. The standard InChI is InChI=1S/C16H24N2O3/c1-3-11-4-7-14(15(10-11)20-2)21-9-8-13(16(17)19)18-12-5-6-12/h4,7,10,12-13,18H,3,5-6,8-9H2,1-2H3,(H2,17,19). The van der Waals surface area contributed by atoms with Crippen molar-refractivity contribution in [2.24, 2.45) is 5.73 Å². The molecule has 1 atom stereocenters. The van der Waals surface area contributed by atoms with E-state index in [1.165, 1.54) is 5.56 Å². The van der Waals surface area contributed by atoms with Crippen LogP contribution in [-0.4, -0.2) is 31.7 Å². The number of carbonyl (C=O) groups excluding carboxylic acids is 1. The summed E-state index contributed by atoms with van der Waals surface area (Å²) in [5.41, 5.74) is 6.60. The van der Waals surface area contributed by atoms with Crippen LogP contribution in [0.15, 0.2) is 18.2 Å². The maximum atomic E-state index is 11.4. The van der Waals surface area contributed by atoms with Crippen LogP contribution >= 0.6 is 0 Å². The largest absolute Gasteiger partial charge is 0.493 e. The van der Waals surface area contributed by atoms with Crippen LogP contribution in [0.4, 0.5) is 0 Å². The summed E-state index contributed by atoms with van der Waals surface area (Å²) >= 11 is 0. The molecule has 0 aromatic heterocycles. The number of hydrogen-bond acceptors (Lipinski definition) is 4. The Morgan fingerprint density at radius 3 is 2.76 bits per heavy atom. The van der Waals surface area contributed by atoms with Gasteiger partial charge in [0, 0.05) is 12.5 Å². The molecule has 0 saturated heterocycles. The molecule has 1 aromatic rings. The molecule has 0 heterocycles. The Labute approximate surface area is 125 Å². The molecule has 0 radical (unpaired) electrons. The Hall–Kier alpha value is -1.75. The Morgan fingerprint density at radius 2 is 2.19 bits per heavy atom. The van der Waals surface area contributed by atoms with Gasteiger partial charge in [-0.05, 0) is 37.0 Å². The lowest BCUT2D eigenvalue weighted by atomic mass is 10.1. The minimum absolute atomic E-state index is 0.321. The highest BCUT2D eigenvalue weighted by atomic mass is 16.5. The van der Waals surface area contributed by atoms with E-state index in [1.807, 2.05) is 18.2 Å². The van der Waals surface area contributed by atoms with E-state index >= 15 is 0 Å². The number of benzene rings is 1. The van der Waals surface area contributed by atoms with E-state index in [9.17, 15) is 4.79 Å². The first kappa shape index (κ1) is 15.6. The van der Waals surface area contributed by atoms with Crippen molar-refractivity contribution in [2.45, 2.75) is 44.7 Å². The van der Waals surface area contributed by atoms with Gasteiger partial charge in [0.15, 0.2) is 11.5 Å². The van der Waals surface area contributed by atoms with Crippen molar-refractivity contribution in [1.29, 1.82) is 0 Å². The molecule has 2 rings (SSSR count). The smallest absolute Gasteiger partial charge is 0.234 e. The van der Waals surface area contributed by atoms with E-state index in [-0.39, 0.29) is 11.9 Å². The molecule has 0 bridgehead atoms. The second-order valence-electron chi connectivity index (χ2n) is 5.37. The summed E-state index contributed by atoms with van der Waals surface area (Å²) in [5.74, 6) is 1.10. The average molecular weight is 292 g/mol. The van der Waals surface area contributed by atoms with Gasteiger partial charge in [0.2, 0.25) is 5.91 Å². The highest BCUT2D eigenvalue weighted by Crippen LogP contribution is 2.28. The normalized spacial score (nSPS) is 15.5. The summed E-state index contributed by atoms with van der Waals surface area (Å²) in [7, 11) is 1.63. The molecule has 21 heavy (non-hydrogen) atoms. The van der Waals surface area contributed by atoms with Gasteiger partial charge in [-0.2, -0.15) is 0 Å². The van der Waals surface area contributed by atoms with Crippen molar-refractivity contribution < 1.29 is 14.3 Å². The minimum Gasteiger partial charge on any atom is -0.493 e. The summed E-state index contributed by atoms with van der Waals surface area (Å²) in [4.78, 5) is 11.4. The van der Waals surface area contributed by atoms with Crippen LogP contribution in [0.5, 0.6) is 11.5 Å². The van der Waals surface area contributed by atoms with Crippen LogP contribution in [0.2, 0.25) is 0 Å². The van der Waals surface area contributed by atoms with E-state index < -0.39 is 0 Å². The maximum absolute atomic E-state index is 11.4. The molecule has 0 aliphatic heterocycles. The maximum Gasteiger partial charge on any atom is 0.234 e. The molecule has 1 aliphatic carbocycles. The summed E-state index contributed by atoms with van der Waals surface area (Å²) in [5, 5.41) is 3.24. The molecular weight excluding hydrogens is 268 g/mol.